The number of hydrogen-bond donors (Lipinski definition) is 2. The van der Waals surface area contributed by atoms with Crippen LogP contribution in [0.2, 0.25) is 0 Å². The third-order valence-corrected chi connectivity index (χ3v) is 3.76. The monoisotopic (exact) mass is 314 g/mol. The minimum Gasteiger partial charge on any atom is -0.494 e. The van der Waals surface area contributed by atoms with Gasteiger partial charge >= 0.3 is 0 Å². The summed E-state index contributed by atoms with van der Waals surface area (Å²) in [6.45, 7) is 2.46. The van der Waals surface area contributed by atoms with E-state index in [2.05, 4.69) is 10.9 Å². The number of nitrogens with one attached hydrogen (secondary N) is 2. The largest absolute Gasteiger partial charge is 0.494 e. The van der Waals surface area contributed by atoms with Gasteiger partial charge < -0.3 is 9.15 Å². The standard InChI is InChI=1S/C17H18N2O4/c1-2-22-12-7-5-11(6-8-12)16(20)18-19-17(21)14-10-13(14)15-4-3-9-23-15/h3-9,13-14H,2,10H2,1H3,(H,18,20)(H,19,21). The van der Waals surface area contributed by atoms with Gasteiger partial charge in [-0.1, -0.05) is 0 Å². The molecule has 6 nitrogen and oxygen atoms in total. The summed E-state index contributed by atoms with van der Waals surface area (Å²) in [4.78, 5) is 24.0. The first-order valence-corrected chi connectivity index (χ1v) is 7.55. The van der Waals surface area contributed by atoms with Crippen LogP contribution in [0.4, 0.5) is 0 Å². The Balaban J connectivity index is 1.48. The predicted octanol–water partition coefficient (Wildman–Crippen LogP) is 2.24. The minimum absolute atomic E-state index is 0.104. The van der Waals surface area contributed by atoms with Crippen LogP contribution in [0.15, 0.2) is 47.1 Å². The van der Waals surface area contributed by atoms with E-state index in [-0.39, 0.29) is 23.7 Å². The molecule has 1 heterocycles. The Morgan fingerprint density at radius 1 is 1.22 bits per heavy atom. The van der Waals surface area contributed by atoms with E-state index in [9.17, 15) is 9.59 Å². The first-order valence-electron chi connectivity index (χ1n) is 7.55. The Morgan fingerprint density at radius 3 is 2.65 bits per heavy atom. The van der Waals surface area contributed by atoms with Crippen LogP contribution in [0.25, 0.3) is 0 Å². The number of carbonyl (C=O) groups is 2. The lowest BCUT2D eigenvalue weighted by molar-refractivity contribution is -0.123. The van der Waals surface area contributed by atoms with Crippen molar-refractivity contribution >= 4 is 11.8 Å². The molecule has 2 atom stereocenters. The van der Waals surface area contributed by atoms with Gasteiger partial charge in [-0.3, -0.25) is 20.4 Å². The lowest BCUT2D eigenvalue weighted by Gasteiger charge is -2.08. The van der Waals surface area contributed by atoms with Crippen molar-refractivity contribution in [1.82, 2.24) is 10.9 Å². The smallest absolute Gasteiger partial charge is 0.269 e. The molecular weight excluding hydrogens is 296 g/mol. The van der Waals surface area contributed by atoms with Gasteiger partial charge in [0, 0.05) is 11.5 Å². The molecule has 0 spiro atoms. The number of ether oxygens (including phenoxy) is 1. The first kappa shape index (κ1) is 15.1. The second kappa shape index (κ2) is 6.56. The van der Waals surface area contributed by atoms with Crippen molar-refractivity contribution in [3.05, 3.63) is 54.0 Å². The lowest BCUT2D eigenvalue weighted by Crippen LogP contribution is -2.42. The molecule has 120 valence electrons. The van der Waals surface area contributed by atoms with Gasteiger partial charge in [-0.2, -0.15) is 0 Å². The lowest BCUT2D eigenvalue weighted by atomic mass is 10.2. The second-order valence-electron chi connectivity index (χ2n) is 5.36. The number of hydrogen-bond acceptors (Lipinski definition) is 4. The van der Waals surface area contributed by atoms with Crippen molar-refractivity contribution in [1.29, 1.82) is 0 Å². The van der Waals surface area contributed by atoms with E-state index in [1.165, 1.54) is 0 Å². The number of benzene rings is 1. The number of hydrazine groups is 1. The summed E-state index contributed by atoms with van der Waals surface area (Å²) in [5.74, 6) is 0.895. The molecule has 0 aliphatic heterocycles. The summed E-state index contributed by atoms with van der Waals surface area (Å²) in [6, 6.07) is 10.4. The summed E-state index contributed by atoms with van der Waals surface area (Å²) in [5, 5.41) is 0. The van der Waals surface area contributed by atoms with Gasteiger partial charge in [0.1, 0.15) is 11.5 Å². The molecule has 2 amide bonds. The quantitative estimate of drug-likeness (QED) is 0.829. The zero-order chi connectivity index (χ0) is 16.2. The fourth-order valence-corrected chi connectivity index (χ4v) is 2.45. The average Bonchev–Trinajstić information content (AvgIpc) is 3.18. The molecule has 2 N–H and O–H groups in total. The Hall–Kier alpha value is -2.76. The highest BCUT2D eigenvalue weighted by Crippen LogP contribution is 2.47. The van der Waals surface area contributed by atoms with Crippen LogP contribution in [-0.2, 0) is 4.79 Å². The molecule has 3 rings (SSSR count). The molecule has 6 heteroatoms. The maximum absolute atomic E-state index is 12.0. The highest BCUT2D eigenvalue weighted by atomic mass is 16.5. The van der Waals surface area contributed by atoms with Gasteiger partial charge in [0.2, 0.25) is 5.91 Å². The number of furan rings is 1. The normalized spacial score (nSPS) is 19.0. The van der Waals surface area contributed by atoms with E-state index in [1.807, 2.05) is 13.0 Å². The molecule has 0 saturated heterocycles. The summed E-state index contributed by atoms with van der Waals surface area (Å²) in [5.41, 5.74) is 5.34. The van der Waals surface area contributed by atoms with Crippen molar-refractivity contribution in [2.24, 2.45) is 5.92 Å². The third kappa shape index (κ3) is 3.53. The van der Waals surface area contributed by atoms with Crippen LogP contribution in [0.3, 0.4) is 0 Å². The van der Waals surface area contributed by atoms with Crippen LogP contribution in [-0.4, -0.2) is 18.4 Å². The molecule has 1 aromatic carbocycles. The molecule has 1 fully saturated rings. The number of rotatable bonds is 5. The summed E-state index contributed by atoms with van der Waals surface area (Å²) in [6.07, 6.45) is 2.33. The number of amides is 2. The van der Waals surface area contributed by atoms with Gasteiger partial charge in [-0.25, -0.2) is 0 Å². The van der Waals surface area contributed by atoms with Crippen LogP contribution in [0.5, 0.6) is 5.75 Å². The average molecular weight is 314 g/mol. The zero-order valence-electron chi connectivity index (χ0n) is 12.7. The Bertz CT molecular complexity index is 679. The summed E-state index contributed by atoms with van der Waals surface area (Å²) >= 11 is 0. The molecule has 1 saturated carbocycles. The molecule has 2 unspecified atom stereocenters. The van der Waals surface area contributed by atoms with Gasteiger partial charge in [0.05, 0.1) is 18.8 Å². The van der Waals surface area contributed by atoms with Gasteiger partial charge in [-0.05, 0) is 49.7 Å². The molecule has 1 aromatic heterocycles. The minimum atomic E-state index is -0.364. The highest BCUT2D eigenvalue weighted by Gasteiger charge is 2.45. The Kier molecular flexibility index (Phi) is 4.32. The second-order valence-corrected chi connectivity index (χ2v) is 5.36. The van der Waals surface area contributed by atoms with E-state index in [1.54, 1.807) is 36.6 Å². The van der Waals surface area contributed by atoms with Crippen molar-refractivity contribution in [2.45, 2.75) is 19.3 Å². The van der Waals surface area contributed by atoms with Crippen molar-refractivity contribution in [3.8, 4) is 5.75 Å². The fraction of sp³-hybridized carbons (Fsp3) is 0.294. The zero-order valence-corrected chi connectivity index (χ0v) is 12.7. The van der Waals surface area contributed by atoms with Crippen molar-refractivity contribution < 1.29 is 18.7 Å². The van der Waals surface area contributed by atoms with Gasteiger partial charge in [0.15, 0.2) is 0 Å². The van der Waals surface area contributed by atoms with E-state index < -0.39 is 0 Å². The Labute approximate surface area is 133 Å². The van der Waals surface area contributed by atoms with Gasteiger partial charge in [0.25, 0.3) is 5.91 Å². The van der Waals surface area contributed by atoms with Crippen LogP contribution >= 0.6 is 0 Å². The molecular formula is C17H18N2O4. The number of carbonyl (C=O) groups excluding carboxylic acids is 2. The molecule has 1 aliphatic carbocycles. The summed E-state index contributed by atoms with van der Waals surface area (Å²) in [7, 11) is 0. The highest BCUT2D eigenvalue weighted by molar-refractivity contribution is 5.96. The van der Waals surface area contributed by atoms with Gasteiger partial charge in [-0.15, -0.1) is 0 Å². The maximum Gasteiger partial charge on any atom is 0.269 e. The molecule has 0 bridgehead atoms. The fourth-order valence-electron chi connectivity index (χ4n) is 2.45. The molecule has 23 heavy (non-hydrogen) atoms. The maximum atomic E-state index is 12.0. The molecule has 1 aliphatic rings. The molecule has 2 aromatic rings. The van der Waals surface area contributed by atoms with Crippen molar-refractivity contribution in [3.63, 3.8) is 0 Å². The van der Waals surface area contributed by atoms with E-state index in [4.69, 9.17) is 9.15 Å². The first-order chi connectivity index (χ1) is 11.2. The van der Waals surface area contributed by atoms with E-state index in [0.29, 0.717) is 17.9 Å². The molecule has 0 radical (unpaired) electrons. The topological polar surface area (TPSA) is 80.6 Å². The van der Waals surface area contributed by atoms with Crippen LogP contribution in [0, 0.1) is 5.92 Å². The summed E-state index contributed by atoms with van der Waals surface area (Å²) < 4.78 is 10.6. The van der Waals surface area contributed by atoms with E-state index in [0.717, 1.165) is 12.2 Å². The Morgan fingerprint density at radius 2 is 2.00 bits per heavy atom. The van der Waals surface area contributed by atoms with Crippen LogP contribution in [0.1, 0.15) is 35.4 Å². The predicted molar refractivity (Wildman–Crippen MR) is 82.8 cm³/mol. The SMILES string of the molecule is CCOc1ccc(C(=O)NNC(=O)C2CC2c2ccco2)cc1. The van der Waals surface area contributed by atoms with Crippen LogP contribution < -0.4 is 15.6 Å². The van der Waals surface area contributed by atoms with Crippen molar-refractivity contribution in [2.75, 3.05) is 6.61 Å². The third-order valence-electron chi connectivity index (χ3n) is 3.76. The van der Waals surface area contributed by atoms with E-state index >= 15 is 0 Å².